The minimum absolute atomic E-state index is 0.0198. The highest BCUT2D eigenvalue weighted by Gasteiger charge is 2.28. The number of carbonyl (C=O) groups excluding carboxylic acids is 2. The number of halogens is 2. The lowest BCUT2D eigenvalue weighted by molar-refractivity contribution is 0.0541. The van der Waals surface area contributed by atoms with Crippen LogP contribution in [-0.4, -0.2) is 54.8 Å². The summed E-state index contributed by atoms with van der Waals surface area (Å²) in [7, 11) is 0. The fourth-order valence-electron chi connectivity index (χ4n) is 2.37. The first-order valence-electron chi connectivity index (χ1n) is 9.53. The molecule has 0 aliphatic rings. The first kappa shape index (κ1) is 24.3. The molecule has 0 fully saturated rings. The first-order valence-corrected chi connectivity index (χ1v) is 11.0. The number of hydrogen-bond donors (Lipinski definition) is 0. The Morgan fingerprint density at radius 2 is 1.73 bits per heavy atom. The molecule has 0 unspecified atom stereocenters. The summed E-state index contributed by atoms with van der Waals surface area (Å²) in [5, 5.41) is 0.813. The zero-order chi connectivity index (χ0) is 22.7. The van der Waals surface area contributed by atoms with E-state index < -0.39 is 23.4 Å². The van der Waals surface area contributed by atoms with E-state index in [4.69, 9.17) is 21.1 Å². The van der Waals surface area contributed by atoms with Crippen molar-refractivity contribution in [1.82, 2.24) is 19.5 Å². The van der Waals surface area contributed by atoms with Crippen molar-refractivity contribution in [3.63, 3.8) is 0 Å². The van der Waals surface area contributed by atoms with Crippen molar-refractivity contribution in [2.45, 2.75) is 65.6 Å². The highest BCUT2D eigenvalue weighted by atomic mass is 79.9. The standard InChI is InChI=1S/C19H27BrClN5O4/c1-18(2,3)29-16(27)25(10-8-7-9-20)15-23-13(21)12-14(24-15)26(11-22-12)17(28)30-19(4,5)6/h11H,7-10H2,1-6H3. The lowest BCUT2D eigenvalue weighted by Crippen LogP contribution is -2.38. The van der Waals surface area contributed by atoms with E-state index >= 15 is 0 Å². The highest BCUT2D eigenvalue weighted by Crippen LogP contribution is 2.25. The second kappa shape index (κ2) is 9.47. The van der Waals surface area contributed by atoms with E-state index in [1.807, 2.05) is 0 Å². The van der Waals surface area contributed by atoms with E-state index in [2.05, 4.69) is 30.9 Å². The van der Waals surface area contributed by atoms with Crippen molar-refractivity contribution in [2.24, 2.45) is 0 Å². The molecule has 2 aromatic rings. The molecule has 2 aromatic heterocycles. The smallest absolute Gasteiger partial charge is 0.421 e. The Kier molecular flexibility index (Phi) is 7.68. The molecule has 0 aliphatic heterocycles. The number of hydrogen-bond acceptors (Lipinski definition) is 7. The molecule has 0 aromatic carbocycles. The molecule has 0 spiro atoms. The number of ether oxygens (including phenoxy) is 2. The van der Waals surface area contributed by atoms with E-state index in [1.165, 1.54) is 11.2 Å². The summed E-state index contributed by atoms with van der Waals surface area (Å²) in [6.45, 7) is 10.9. The summed E-state index contributed by atoms with van der Waals surface area (Å²) in [6.07, 6.45) is 1.54. The van der Waals surface area contributed by atoms with Gasteiger partial charge in [-0.05, 0) is 54.4 Å². The van der Waals surface area contributed by atoms with Gasteiger partial charge in [-0.3, -0.25) is 0 Å². The van der Waals surface area contributed by atoms with Crippen molar-refractivity contribution in [3.8, 4) is 0 Å². The third kappa shape index (κ3) is 6.53. The van der Waals surface area contributed by atoms with Crippen LogP contribution in [-0.2, 0) is 9.47 Å². The zero-order valence-corrected chi connectivity index (χ0v) is 20.4. The van der Waals surface area contributed by atoms with Crippen LogP contribution in [0.1, 0.15) is 54.4 Å². The van der Waals surface area contributed by atoms with Crippen LogP contribution in [0.5, 0.6) is 0 Å². The van der Waals surface area contributed by atoms with Crippen molar-refractivity contribution in [3.05, 3.63) is 11.5 Å². The molecule has 0 saturated heterocycles. The SMILES string of the molecule is CC(C)(C)OC(=O)N(CCCCBr)c1nc(Cl)c2ncn(C(=O)OC(C)(C)C)c2n1. The molecule has 0 radical (unpaired) electrons. The van der Waals surface area contributed by atoms with Crippen LogP contribution >= 0.6 is 27.5 Å². The molecule has 0 N–H and O–H groups in total. The monoisotopic (exact) mass is 503 g/mol. The van der Waals surface area contributed by atoms with Gasteiger partial charge in [-0.2, -0.15) is 9.97 Å². The van der Waals surface area contributed by atoms with Gasteiger partial charge in [0.1, 0.15) is 23.0 Å². The van der Waals surface area contributed by atoms with Crippen molar-refractivity contribution >= 4 is 56.8 Å². The van der Waals surface area contributed by atoms with Crippen LogP contribution in [0, 0.1) is 0 Å². The van der Waals surface area contributed by atoms with Gasteiger partial charge in [0.2, 0.25) is 5.95 Å². The summed E-state index contributed by atoms with van der Waals surface area (Å²) in [4.78, 5) is 39.4. The highest BCUT2D eigenvalue weighted by molar-refractivity contribution is 9.09. The Bertz CT molecular complexity index is 920. The average Bonchev–Trinajstić information content (AvgIpc) is 3.00. The lowest BCUT2D eigenvalue weighted by atomic mass is 10.2. The van der Waals surface area contributed by atoms with Crippen LogP contribution in [0.4, 0.5) is 15.5 Å². The van der Waals surface area contributed by atoms with Crippen molar-refractivity contribution in [2.75, 3.05) is 16.8 Å². The summed E-state index contributed by atoms with van der Waals surface area (Å²) in [6, 6.07) is 0. The maximum absolute atomic E-state index is 12.8. The van der Waals surface area contributed by atoms with Gasteiger partial charge in [-0.15, -0.1) is 0 Å². The van der Waals surface area contributed by atoms with Gasteiger partial charge in [0, 0.05) is 11.9 Å². The van der Waals surface area contributed by atoms with Gasteiger partial charge in [0.15, 0.2) is 10.8 Å². The number of nitrogens with zero attached hydrogens (tertiary/aromatic N) is 5. The Balaban J connectivity index is 2.48. The number of fused-ring (bicyclic) bond motifs is 1. The minimum atomic E-state index is -0.703. The van der Waals surface area contributed by atoms with Crippen LogP contribution in [0.2, 0.25) is 5.15 Å². The molecule has 1 amide bonds. The van der Waals surface area contributed by atoms with E-state index in [0.717, 1.165) is 16.3 Å². The van der Waals surface area contributed by atoms with E-state index in [-0.39, 0.29) is 22.3 Å². The normalized spacial score (nSPS) is 12.1. The summed E-state index contributed by atoms with van der Waals surface area (Å²) in [5.41, 5.74) is -1.02. The second-order valence-electron chi connectivity index (χ2n) is 8.61. The quantitative estimate of drug-likeness (QED) is 0.314. The number of rotatable bonds is 5. The number of alkyl halides is 1. The molecule has 2 heterocycles. The molecular formula is C19H27BrClN5O4. The summed E-state index contributed by atoms with van der Waals surface area (Å²) >= 11 is 9.67. The van der Waals surface area contributed by atoms with E-state index in [0.29, 0.717) is 13.0 Å². The number of imidazole rings is 1. The Morgan fingerprint density at radius 1 is 1.10 bits per heavy atom. The molecule has 0 aliphatic carbocycles. The maximum atomic E-state index is 12.8. The fourth-order valence-corrected chi connectivity index (χ4v) is 2.98. The third-order valence-corrected chi connectivity index (χ3v) is 4.38. The molecule has 9 nitrogen and oxygen atoms in total. The number of unbranched alkanes of at least 4 members (excludes halogenated alkanes) is 1. The predicted octanol–water partition coefficient (Wildman–Crippen LogP) is 5.18. The molecule has 2 rings (SSSR count). The van der Waals surface area contributed by atoms with E-state index in [1.54, 1.807) is 41.5 Å². The number of aromatic nitrogens is 4. The molecular weight excluding hydrogens is 478 g/mol. The molecule has 166 valence electrons. The molecule has 11 heteroatoms. The van der Waals surface area contributed by atoms with Crippen LogP contribution in [0.25, 0.3) is 11.2 Å². The summed E-state index contributed by atoms with van der Waals surface area (Å²) in [5.74, 6) is 0.0293. The molecule has 0 bridgehead atoms. The van der Waals surface area contributed by atoms with Gasteiger partial charge in [0.05, 0.1) is 0 Å². The van der Waals surface area contributed by atoms with Gasteiger partial charge in [0.25, 0.3) is 0 Å². The molecule has 0 saturated carbocycles. The molecule has 0 atom stereocenters. The van der Waals surface area contributed by atoms with Gasteiger partial charge in [-0.1, -0.05) is 27.5 Å². The average molecular weight is 505 g/mol. The Morgan fingerprint density at radius 3 is 2.30 bits per heavy atom. The van der Waals surface area contributed by atoms with Gasteiger partial charge in [-0.25, -0.2) is 24.0 Å². The second-order valence-corrected chi connectivity index (χ2v) is 9.76. The van der Waals surface area contributed by atoms with Crippen molar-refractivity contribution in [1.29, 1.82) is 0 Å². The maximum Gasteiger partial charge on any atom is 0.421 e. The number of amides is 1. The summed E-state index contributed by atoms with van der Waals surface area (Å²) < 4.78 is 12.0. The Labute approximate surface area is 189 Å². The van der Waals surface area contributed by atoms with Crippen LogP contribution < -0.4 is 4.90 Å². The van der Waals surface area contributed by atoms with Crippen molar-refractivity contribution < 1.29 is 19.1 Å². The Hall–Kier alpha value is -1.94. The minimum Gasteiger partial charge on any atom is -0.443 e. The van der Waals surface area contributed by atoms with Crippen LogP contribution in [0.3, 0.4) is 0 Å². The number of carbonyl (C=O) groups is 2. The van der Waals surface area contributed by atoms with Gasteiger partial charge >= 0.3 is 12.2 Å². The topological polar surface area (TPSA) is 99.4 Å². The first-order chi connectivity index (χ1) is 13.8. The predicted molar refractivity (Wildman–Crippen MR) is 119 cm³/mol. The van der Waals surface area contributed by atoms with E-state index in [9.17, 15) is 9.59 Å². The molecule has 30 heavy (non-hydrogen) atoms. The lowest BCUT2D eigenvalue weighted by Gasteiger charge is -2.26. The fraction of sp³-hybridized carbons (Fsp3) is 0.632. The third-order valence-electron chi connectivity index (χ3n) is 3.55. The number of anilines is 1. The van der Waals surface area contributed by atoms with Gasteiger partial charge < -0.3 is 9.47 Å². The largest absolute Gasteiger partial charge is 0.443 e. The zero-order valence-electron chi connectivity index (χ0n) is 18.0. The van der Waals surface area contributed by atoms with Crippen LogP contribution in [0.15, 0.2) is 6.33 Å².